The number of urea groups is 1. The lowest BCUT2D eigenvalue weighted by molar-refractivity contribution is -0.115. The molecule has 1 saturated heterocycles. The zero-order chi connectivity index (χ0) is 20.1. The van der Waals surface area contributed by atoms with Crippen LogP contribution in [-0.2, 0) is 17.6 Å². The van der Waals surface area contributed by atoms with Crippen LogP contribution in [0.5, 0.6) is 5.75 Å². The third kappa shape index (κ3) is 5.08. The van der Waals surface area contributed by atoms with Crippen molar-refractivity contribution in [2.45, 2.75) is 38.5 Å². The number of likely N-dealkylation sites (tertiary alicyclic amines) is 1. The number of hydrogen-bond donors (Lipinski definition) is 2. The molecular weight excluding hydrogens is 366 g/mol. The third-order valence-corrected chi connectivity index (χ3v) is 5.43. The topological polar surface area (TPSA) is 70.7 Å². The van der Waals surface area contributed by atoms with Gasteiger partial charge in [-0.15, -0.1) is 0 Å². The lowest BCUT2D eigenvalue weighted by Gasteiger charge is -2.20. The van der Waals surface area contributed by atoms with Crippen molar-refractivity contribution in [2.75, 3.05) is 30.3 Å². The van der Waals surface area contributed by atoms with Gasteiger partial charge in [0, 0.05) is 30.9 Å². The van der Waals surface area contributed by atoms with Crippen LogP contribution in [0.15, 0.2) is 42.5 Å². The van der Waals surface area contributed by atoms with Crippen molar-refractivity contribution in [1.29, 1.82) is 0 Å². The van der Waals surface area contributed by atoms with E-state index in [0.29, 0.717) is 18.7 Å². The fourth-order valence-electron chi connectivity index (χ4n) is 3.85. The second kappa shape index (κ2) is 8.99. The molecule has 2 aromatic rings. The van der Waals surface area contributed by atoms with E-state index in [1.54, 1.807) is 0 Å². The molecule has 3 amide bonds. The summed E-state index contributed by atoms with van der Waals surface area (Å²) in [4.78, 5) is 26.6. The average molecular weight is 393 g/mol. The predicted octanol–water partition coefficient (Wildman–Crippen LogP) is 4.21. The molecule has 2 aliphatic heterocycles. The maximum Gasteiger partial charge on any atom is 0.321 e. The van der Waals surface area contributed by atoms with Gasteiger partial charge in [0.05, 0.1) is 13.0 Å². The van der Waals surface area contributed by atoms with Crippen molar-refractivity contribution in [3.8, 4) is 5.75 Å². The molecule has 0 saturated carbocycles. The lowest BCUT2D eigenvalue weighted by Crippen LogP contribution is -2.35. The molecule has 1 fully saturated rings. The van der Waals surface area contributed by atoms with E-state index in [-0.39, 0.29) is 11.9 Å². The summed E-state index contributed by atoms with van der Waals surface area (Å²) in [5, 5.41) is 5.86. The molecule has 0 aliphatic carbocycles. The first-order valence-corrected chi connectivity index (χ1v) is 10.4. The van der Waals surface area contributed by atoms with Gasteiger partial charge in [-0.05, 0) is 54.3 Å². The van der Waals surface area contributed by atoms with Crippen molar-refractivity contribution in [2.24, 2.45) is 0 Å². The summed E-state index contributed by atoms with van der Waals surface area (Å²) >= 11 is 0. The highest BCUT2D eigenvalue weighted by Gasteiger charge is 2.16. The number of hydrogen-bond acceptors (Lipinski definition) is 3. The van der Waals surface area contributed by atoms with E-state index in [9.17, 15) is 9.59 Å². The largest absolute Gasteiger partial charge is 0.493 e. The molecule has 0 atom stereocenters. The normalized spacial score (nSPS) is 15.8. The Morgan fingerprint density at radius 2 is 1.59 bits per heavy atom. The molecule has 6 heteroatoms. The molecule has 0 bridgehead atoms. The van der Waals surface area contributed by atoms with Crippen LogP contribution < -0.4 is 15.4 Å². The molecule has 152 valence electrons. The third-order valence-electron chi connectivity index (χ3n) is 5.43. The molecule has 0 aromatic heterocycles. The van der Waals surface area contributed by atoms with Gasteiger partial charge < -0.3 is 20.3 Å². The first-order valence-electron chi connectivity index (χ1n) is 10.4. The molecule has 4 rings (SSSR count). The maximum atomic E-state index is 12.4. The molecule has 0 radical (unpaired) electrons. The highest BCUT2D eigenvalue weighted by atomic mass is 16.5. The summed E-state index contributed by atoms with van der Waals surface area (Å²) in [5.74, 6) is 0.859. The number of fused-ring (bicyclic) bond motifs is 1. The van der Waals surface area contributed by atoms with Gasteiger partial charge >= 0.3 is 6.03 Å². The number of carbonyl (C=O) groups excluding carboxylic acids is 2. The fraction of sp³-hybridized carbons (Fsp3) is 0.391. The SMILES string of the molecule is O=C(Cc1ccc2c(c1)CCO2)Nc1ccc(NC(=O)N2CCCCCC2)cc1. The Morgan fingerprint density at radius 3 is 2.31 bits per heavy atom. The second-order valence-electron chi connectivity index (χ2n) is 7.67. The average Bonchev–Trinajstić information content (AvgIpc) is 3.00. The number of nitrogens with zero attached hydrogens (tertiary/aromatic N) is 1. The molecule has 29 heavy (non-hydrogen) atoms. The van der Waals surface area contributed by atoms with E-state index >= 15 is 0 Å². The van der Waals surface area contributed by atoms with Crippen LogP contribution in [0.25, 0.3) is 0 Å². The Bertz CT molecular complexity index is 871. The van der Waals surface area contributed by atoms with Gasteiger partial charge in [-0.2, -0.15) is 0 Å². The summed E-state index contributed by atoms with van der Waals surface area (Å²) in [6.45, 7) is 2.34. The minimum atomic E-state index is -0.0646. The minimum absolute atomic E-state index is 0.0516. The van der Waals surface area contributed by atoms with E-state index in [1.165, 1.54) is 18.4 Å². The van der Waals surface area contributed by atoms with Crippen LogP contribution in [0.3, 0.4) is 0 Å². The number of anilines is 2. The van der Waals surface area contributed by atoms with Gasteiger partial charge in [-0.3, -0.25) is 4.79 Å². The van der Waals surface area contributed by atoms with E-state index in [1.807, 2.05) is 47.4 Å². The van der Waals surface area contributed by atoms with E-state index in [0.717, 1.165) is 49.4 Å². The highest BCUT2D eigenvalue weighted by molar-refractivity contribution is 5.93. The van der Waals surface area contributed by atoms with Gasteiger partial charge in [0.2, 0.25) is 5.91 Å². The molecule has 0 unspecified atom stereocenters. The minimum Gasteiger partial charge on any atom is -0.493 e. The van der Waals surface area contributed by atoms with Crippen molar-refractivity contribution in [1.82, 2.24) is 4.90 Å². The monoisotopic (exact) mass is 393 g/mol. The van der Waals surface area contributed by atoms with Crippen LogP contribution in [0, 0.1) is 0 Å². The summed E-state index contributed by atoms with van der Waals surface area (Å²) < 4.78 is 5.50. The Hall–Kier alpha value is -3.02. The standard InChI is InChI=1S/C23H27N3O3/c27-22(16-17-5-10-21-18(15-17)11-14-29-21)24-19-6-8-20(9-7-19)25-23(28)26-12-3-1-2-4-13-26/h5-10,15H,1-4,11-14,16H2,(H,24,27)(H,25,28). The number of ether oxygens (including phenoxy) is 1. The molecule has 2 aliphatic rings. The number of amides is 3. The van der Waals surface area contributed by atoms with Crippen LogP contribution in [0.1, 0.15) is 36.8 Å². The van der Waals surface area contributed by atoms with Gasteiger partial charge in [0.25, 0.3) is 0 Å². The first kappa shape index (κ1) is 19.3. The van der Waals surface area contributed by atoms with E-state index in [4.69, 9.17) is 4.74 Å². The zero-order valence-electron chi connectivity index (χ0n) is 16.6. The summed E-state index contributed by atoms with van der Waals surface area (Å²) in [7, 11) is 0. The van der Waals surface area contributed by atoms with Crippen molar-refractivity contribution < 1.29 is 14.3 Å². The van der Waals surface area contributed by atoms with Gasteiger partial charge in [-0.1, -0.05) is 25.0 Å². The summed E-state index contributed by atoms with van der Waals surface area (Å²) in [6, 6.07) is 13.1. The van der Waals surface area contributed by atoms with E-state index < -0.39 is 0 Å². The summed E-state index contributed by atoms with van der Waals surface area (Å²) in [5.41, 5.74) is 3.59. The number of benzene rings is 2. The van der Waals surface area contributed by atoms with Crippen molar-refractivity contribution in [3.63, 3.8) is 0 Å². The fourth-order valence-corrected chi connectivity index (χ4v) is 3.85. The van der Waals surface area contributed by atoms with Crippen LogP contribution >= 0.6 is 0 Å². The van der Waals surface area contributed by atoms with Crippen LogP contribution in [0.2, 0.25) is 0 Å². The predicted molar refractivity (Wildman–Crippen MR) is 113 cm³/mol. The number of carbonyl (C=O) groups is 2. The molecular formula is C23H27N3O3. The Balaban J connectivity index is 1.29. The second-order valence-corrected chi connectivity index (χ2v) is 7.67. The van der Waals surface area contributed by atoms with Crippen molar-refractivity contribution in [3.05, 3.63) is 53.6 Å². The van der Waals surface area contributed by atoms with E-state index in [2.05, 4.69) is 10.6 Å². The lowest BCUT2D eigenvalue weighted by atomic mass is 10.1. The smallest absolute Gasteiger partial charge is 0.321 e. The molecule has 2 heterocycles. The van der Waals surface area contributed by atoms with Gasteiger partial charge in [0.1, 0.15) is 5.75 Å². The number of nitrogens with one attached hydrogen (secondary N) is 2. The Kier molecular flexibility index (Phi) is 5.98. The summed E-state index contributed by atoms with van der Waals surface area (Å²) in [6.07, 6.45) is 5.73. The van der Waals surface area contributed by atoms with Crippen molar-refractivity contribution >= 4 is 23.3 Å². The molecule has 2 N–H and O–H groups in total. The molecule has 0 spiro atoms. The highest BCUT2D eigenvalue weighted by Crippen LogP contribution is 2.26. The van der Waals surface area contributed by atoms with Crippen LogP contribution in [-0.4, -0.2) is 36.5 Å². The van der Waals surface area contributed by atoms with Gasteiger partial charge in [-0.25, -0.2) is 4.79 Å². The quantitative estimate of drug-likeness (QED) is 0.817. The molecule has 2 aromatic carbocycles. The Labute approximate surface area is 171 Å². The number of rotatable bonds is 4. The Morgan fingerprint density at radius 1 is 0.897 bits per heavy atom. The maximum absolute atomic E-state index is 12.4. The van der Waals surface area contributed by atoms with Gasteiger partial charge in [0.15, 0.2) is 0 Å². The van der Waals surface area contributed by atoms with Crippen LogP contribution in [0.4, 0.5) is 16.2 Å². The zero-order valence-corrected chi connectivity index (χ0v) is 16.6. The molecule has 6 nitrogen and oxygen atoms in total. The first-order chi connectivity index (χ1) is 14.2.